The summed E-state index contributed by atoms with van der Waals surface area (Å²) < 4.78 is 5.77. The smallest absolute Gasteiger partial charge is 0.197 e. The van der Waals surface area contributed by atoms with Crippen LogP contribution in [0.4, 0.5) is 0 Å². The zero-order valence-electron chi connectivity index (χ0n) is 13.8. The minimum Gasteiger partial charge on any atom is -0.507 e. The highest BCUT2D eigenvalue weighted by atomic mass is 32.2. The van der Waals surface area contributed by atoms with Crippen molar-refractivity contribution in [3.05, 3.63) is 27.9 Å². The number of aliphatic hydroxyl groups excluding tert-OH is 2. The van der Waals surface area contributed by atoms with Crippen LogP contribution in [0.3, 0.4) is 0 Å². The first kappa shape index (κ1) is 18.1. The summed E-state index contributed by atoms with van der Waals surface area (Å²) in [5.41, 5.74) is 0.0128. The molecule has 2 heterocycles. The number of aliphatic hydroxyl groups is 2. The van der Waals surface area contributed by atoms with E-state index in [2.05, 4.69) is 0 Å². The van der Waals surface area contributed by atoms with Gasteiger partial charge in [-0.25, -0.2) is 0 Å². The molecule has 0 radical (unpaired) electrons. The number of thioether (sulfide) groups is 1. The number of benzene rings is 1. The molecule has 0 amide bonds. The Bertz CT molecular complexity index is 836. The van der Waals surface area contributed by atoms with Crippen LogP contribution in [0.5, 0.6) is 11.5 Å². The second kappa shape index (κ2) is 7.25. The lowest BCUT2D eigenvalue weighted by Crippen LogP contribution is -2.40. The molecule has 0 saturated carbocycles. The fourth-order valence-electron chi connectivity index (χ4n) is 3.30. The average molecular weight is 367 g/mol. The number of piperidine rings is 1. The molecule has 1 aromatic carbocycles. The van der Waals surface area contributed by atoms with Crippen LogP contribution in [0.2, 0.25) is 0 Å². The second-order valence-corrected chi connectivity index (χ2v) is 7.36. The molecule has 7 nitrogen and oxygen atoms in total. The van der Waals surface area contributed by atoms with E-state index in [9.17, 15) is 20.1 Å². The Balaban J connectivity index is 2.19. The summed E-state index contributed by atoms with van der Waals surface area (Å²) in [7, 11) is 1.90. The van der Waals surface area contributed by atoms with Crippen molar-refractivity contribution < 1.29 is 24.8 Å². The van der Waals surface area contributed by atoms with Crippen molar-refractivity contribution in [1.29, 1.82) is 0 Å². The number of nitrogens with zero attached hydrogens (tertiary/aromatic N) is 1. The van der Waals surface area contributed by atoms with Gasteiger partial charge < -0.3 is 29.7 Å². The monoisotopic (exact) mass is 367 g/mol. The van der Waals surface area contributed by atoms with E-state index in [1.54, 1.807) is 0 Å². The molecule has 136 valence electrons. The van der Waals surface area contributed by atoms with E-state index in [1.165, 1.54) is 17.8 Å². The Morgan fingerprint density at radius 3 is 2.76 bits per heavy atom. The van der Waals surface area contributed by atoms with Crippen molar-refractivity contribution in [2.45, 2.75) is 23.5 Å². The third kappa shape index (κ3) is 3.48. The molecule has 0 spiro atoms. The quantitative estimate of drug-likeness (QED) is 0.594. The Morgan fingerprint density at radius 1 is 1.32 bits per heavy atom. The lowest BCUT2D eigenvalue weighted by atomic mass is 9.85. The number of aromatic hydroxyl groups is 2. The zero-order valence-corrected chi connectivity index (χ0v) is 14.6. The normalized spacial score (nSPS) is 21.7. The molecule has 25 heavy (non-hydrogen) atoms. The lowest BCUT2D eigenvalue weighted by molar-refractivity contribution is 0.0630. The van der Waals surface area contributed by atoms with Crippen molar-refractivity contribution >= 4 is 22.7 Å². The Hall–Kier alpha value is -1.74. The van der Waals surface area contributed by atoms with Gasteiger partial charge in [0.2, 0.25) is 0 Å². The molecular formula is C17H21NO6S. The van der Waals surface area contributed by atoms with Gasteiger partial charge in [0.05, 0.1) is 12.7 Å². The van der Waals surface area contributed by atoms with E-state index in [1.807, 2.05) is 11.9 Å². The van der Waals surface area contributed by atoms with Crippen molar-refractivity contribution in [1.82, 2.24) is 4.90 Å². The molecule has 0 bridgehead atoms. The number of likely N-dealkylation sites (N-methyl/N-ethyl adjacent to an activating group) is 1. The summed E-state index contributed by atoms with van der Waals surface area (Å²) in [5.74, 6) is -0.608. The third-order valence-corrected chi connectivity index (χ3v) is 5.34. The first-order chi connectivity index (χ1) is 11.9. The molecule has 3 rings (SSSR count). The highest BCUT2D eigenvalue weighted by Crippen LogP contribution is 2.42. The van der Waals surface area contributed by atoms with E-state index >= 15 is 0 Å². The molecule has 1 aromatic heterocycles. The minimum absolute atomic E-state index is 0.00715. The van der Waals surface area contributed by atoms with Gasteiger partial charge in [-0.3, -0.25) is 4.79 Å². The molecule has 2 atom stereocenters. The highest BCUT2D eigenvalue weighted by Gasteiger charge is 2.32. The summed E-state index contributed by atoms with van der Waals surface area (Å²) >= 11 is 1.17. The molecule has 0 aliphatic carbocycles. The molecule has 2 aromatic rings. The van der Waals surface area contributed by atoms with Crippen LogP contribution in [0.1, 0.15) is 17.9 Å². The van der Waals surface area contributed by atoms with E-state index in [4.69, 9.17) is 9.52 Å². The van der Waals surface area contributed by atoms with Crippen LogP contribution in [0.25, 0.3) is 11.0 Å². The van der Waals surface area contributed by atoms with Crippen LogP contribution in [0.15, 0.2) is 26.4 Å². The largest absolute Gasteiger partial charge is 0.507 e. The van der Waals surface area contributed by atoms with E-state index in [0.29, 0.717) is 29.4 Å². The van der Waals surface area contributed by atoms with Gasteiger partial charge in [0, 0.05) is 35.9 Å². The Kier molecular flexibility index (Phi) is 5.24. The van der Waals surface area contributed by atoms with Crippen LogP contribution < -0.4 is 5.43 Å². The summed E-state index contributed by atoms with van der Waals surface area (Å²) in [4.78, 5) is 14.4. The van der Waals surface area contributed by atoms with E-state index in [0.717, 1.165) is 12.6 Å². The molecule has 1 fully saturated rings. The van der Waals surface area contributed by atoms with Crippen molar-refractivity contribution in [2.75, 3.05) is 32.5 Å². The maximum atomic E-state index is 12.4. The topological polar surface area (TPSA) is 114 Å². The fourth-order valence-corrected chi connectivity index (χ4v) is 3.93. The van der Waals surface area contributed by atoms with Crippen LogP contribution in [-0.4, -0.2) is 63.9 Å². The maximum absolute atomic E-state index is 12.4. The number of hydrogen-bond acceptors (Lipinski definition) is 8. The standard InChI is InChI=1S/C17H21NO6S/c1-18-3-2-9(13(23)8-18)15-10(20)6-11(21)16-12(22)7-14(24-17(15)16)25-5-4-19/h6-7,9,13,19-21,23H,2-5,8H2,1H3/t9-,13+/m1/s1. The second-order valence-electron chi connectivity index (χ2n) is 6.26. The summed E-state index contributed by atoms with van der Waals surface area (Å²) in [6.45, 7) is 1.10. The summed E-state index contributed by atoms with van der Waals surface area (Å²) in [5, 5.41) is 40.2. The van der Waals surface area contributed by atoms with Crippen LogP contribution >= 0.6 is 11.8 Å². The maximum Gasteiger partial charge on any atom is 0.197 e. The van der Waals surface area contributed by atoms with Gasteiger partial charge in [-0.1, -0.05) is 11.8 Å². The fraction of sp³-hybridized carbons (Fsp3) is 0.471. The Morgan fingerprint density at radius 2 is 2.08 bits per heavy atom. The van der Waals surface area contributed by atoms with Gasteiger partial charge in [0.1, 0.15) is 22.5 Å². The van der Waals surface area contributed by atoms with Gasteiger partial charge in [-0.2, -0.15) is 0 Å². The summed E-state index contributed by atoms with van der Waals surface area (Å²) in [6, 6.07) is 2.38. The third-order valence-electron chi connectivity index (χ3n) is 4.47. The molecule has 0 unspecified atom stereocenters. The van der Waals surface area contributed by atoms with Gasteiger partial charge >= 0.3 is 0 Å². The number of phenols is 2. The van der Waals surface area contributed by atoms with Crippen molar-refractivity contribution in [3.63, 3.8) is 0 Å². The van der Waals surface area contributed by atoms with Crippen LogP contribution in [-0.2, 0) is 0 Å². The number of phenolic OH excluding ortho intramolecular Hbond substituents is 2. The molecule has 8 heteroatoms. The lowest BCUT2D eigenvalue weighted by Gasteiger charge is -2.34. The minimum atomic E-state index is -0.726. The van der Waals surface area contributed by atoms with Gasteiger partial charge in [0.15, 0.2) is 10.5 Å². The first-order valence-electron chi connectivity index (χ1n) is 8.05. The van der Waals surface area contributed by atoms with Crippen molar-refractivity contribution in [2.24, 2.45) is 0 Å². The first-order valence-corrected chi connectivity index (χ1v) is 9.04. The van der Waals surface area contributed by atoms with Crippen LogP contribution in [0, 0.1) is 0 Å². The molecular weight excluding hydrogens is 346 g/mol. The number of hydrogen-bond donors (Lipinski definition) is 4. The van der Waals surface area contributed by atoms with E-state index < -0.39 is 17.5 Å². The number of likely N-dealkylation sites (tertiary alicyclic amines) is 1. The number of β-amino-alcohol motifs (C(OH)–C–C–N with tert-alkyl or cyclic N) is 1. The van der Waals surface area contributed by atoms with E-state index in [-0.39, 0.29) is 29.1 Å². The predicted octanol–water partition coefficient (Wildman–Crippen LogP) is 1.07. The predicted molar refractivity (Wildman–Crippen MR) is 94.5 cm³/mol. The Labute approximate surface area is 148 Å². The van der Waals surface area contributed by atoms with Crippen molar-refractivity contribution in [3.8, 4) is 11.5 Å². The average Bonchev–Trinajstić information content (AvgIpc) is 2.54. The zero-order chi connectivity index (χ0) is 18.1. The number of rotatable bonds is 4. The van der Waals surface area contributed by atoms with Gasteiger partial charge in [-0.15, -0.1) is 0 Å². The SMILES string of the molecule is CN1CC[C@@H](c2c(O)cc(O)c3c(=O)cc(SCCO)oc23)[C@@H](O)C1. The van der Waals surface area contributed by atoms with Gasteiger partial charge in [0.25, 0.3) is 0 Å². The molecule has 1 aliphatic rings. The highest BCUT2D eigenvalue weighted by molar-refractivity contribution is 7.99. The van der Waals surface area contributed by atoms with Gasteiger partial charge in [-0.05, 0) is 20.0 Å². The number of fused-ring (bicyclic) bond motifs is 1. The molecule has 1 aliphatic heterocycles. The molecule has 4 N–H and O–H groups in total. The summed E-state index contributed by atoms with van der Waals surface area (Å²) in [6.07, 6.45) is -0.139. The molecule has 1 saturated heterocycles.